The molecule has 1 aliphatic heterocycles. The van der Waals surface area contributed by atoms with Crippen molar-refractivity contribution < 1.29 is 8.42 Å². The first-order valence-electron chi connectivity index (χ1n) is 7.39. The maximum atomic E-state index is 12.7. The van der Waals surface area contributed by atoms with E-state index in [-0.39, 0.29) is 6.04 Å². The Labute approximate surface area is 121 Å². The molecule has 3 rings (SSSR count). The highest BCUT2D eigenvalue weighted by atomic mass is 32.2. The summed E-state index contributed by atoms with van der Waals surface area (Å²) in [5.41, 5.74) is 2.52. The Bertz CT molecular complexity index is 592. The van der Waals surface area contributed by atoms with Crippen molar-refractivity contribution in [2.24, 2.45) is 0 Å². The molecule has 1 N–H and O–H groups in total. The minimum Gasteiger partial charge on any atom is -0.315 e. The van der Waals surface area contributed by atoms with E-state index in [1.165, 1.54) is 11.1 Å². The molecule has 110 valence electrons. The van der Waals surface area contributed by atoms with Crippen molar-refractivity contribution in [2.45, 2.75) is 43.0 Å². The number of benzene rings is 1. The smallest absolute Gasteiger partial charge is 0.243 e. The average Bonchev–Trinajstić information content (AvgIpc) is 2.94. The first-order valence-corrected chi connectivity index (χ1v) is 8.83. The summed E-state index contributed by atoms with van der Waals surface area (Å²) in [5, 5.41) is 3.27. The Morgan fingerprint density at radius 3 is 2.75 bits per heavy atom. The topological polar surface area (TPSA) is 49.4 Å². The Balaban J connectivity index is 1.87. The third kappa shape index (κ3) is 2.50. The predicted molar refractivity (Wildman–Crippen MR) is 79.3 cm³/mol. The van der Waals surface area contributed by atoms with Gasteiger partial charge in [-0.1, -0.05) is 6.07 Å². The van der Waals surface area contributed by atoms with Crippen LogP contribution in [-0.4, -0.2) is 38.9 Å². The van der Waals surface area contributed by atoms with Gasteiger partial charge in [0.15, 0.2) is 0 Å². The molecular weight excluding hydrogens is 272 g/mol. The van der Waals surface area contributed by atoms with Crippen LogP contribution in [0.1, 0.15) is 30.4 Å². The highest BCUT2D eigenvalue weighted by Crippen LogP contribution is 2.27. The van der Waals surface area contributed by atoms with Crippen molar-refractivity contribution in [1.82, 2.24) is 9.62 Å². The fourth-order valence-electron chi connectivity index (χ4n) is 3.21. The number of sulfonamides is 1. The second-order valence-corrected chi connectivity index (χ2v) is 7.80. The standard InChI is InChI=1S/C15H22N2O2S/c1-17(14-6-3-9-16-11-14)20(18,19)15-8-7-12-4-2-5-13(12)10-15/h7-8,10,14,16H,2-6,9,11H2,1H3. The van der Waals surface area contributed by atoms with Gasteiger partial charge in [0, 0.05) is 19.6 Å². The highest BCUT2D eigenvalue weighted by molar-refractivity contribution is 7.89. The number of fused-ring (bicyclic) bond motifs is 1. The SMILES string of the molecule is CN(C1CCCNC1)S(=O)(=O)c1ccc2c(c1)CCC2. The van der Waals surface area contributed by atoms with Gasteiger partial charge in [0.1, 0.15) is 0 Å². The van der Waals surface area contributed by atoms with E-state index in [0.717, 1.165) is 45.2 Å². The third-order valence-electron chi connectivity index (χ3n) is 4.53. The molecule has 1 saturated heterocycles. The van der Waals surface area contributed by atoms with Crippen LogP contribution in [0.5, 0.6) is 0 Å². The summed E-state index contributed by atoms with van der Waals surface area (Å²) in [6, 6.07) is 5.71. The molecule has 20 heavy (non-hydrogen) atoms. The van der Waals surface area contributed by atoms with Gasteiger partial charge in [-0.25, -0.2) is 8.42 Å². The third-order valence-corrected chi connectivity index (χ3v) is 6.44. The van der Waals surface area contributed by atoms with Crippen LogP contribution in [0.2, 0.25) is 0 Å². The molecule has 1 atom stereocenters. The molecule has 1 fully saturated rings. The molecule has 1 aromatic rings. The van der Waals surface area contributed by atoms with Crippen molar-refractivity contribution >= 4 is 10.0 Å². The summed E-state index contributed by atoms with van der Waals surface area (Å²) in [6.07, 6.45) is 5.20. The summed E-state index contributed by atoms with van der Waals surface area (Å²) in [4.78, 5) is 0.450. The lowest BCUT2D eigenvalue weighted by atomic mass is 10.1. The maximum absolute atomic E-state index is 12.7. The van der Waals surface area contributed by atoms with Gasteiger partial charge in [-0.2, -0.15) is 4.31 Å². The van der Waals surface area contributed by atoms with E-state index in [0.29, 0.717) is 4.90 Å². The molecule has 0 saturated carbocycles. The normalized spacial score (nSPS) is 23.0. The van der Waals surface area contributed by atoms with E-state index in [2.05, 4.69) is 5.32 Å². The van der Waals surface area contributed by atoms with Crippen LogP contribution >= 0.6 is 0 Å². The van der Waals surface area contributed by atoms with E-state index in [1.54, 1.807) is 17.4 Å². The molecule has 2 aliphatic rings. The van der Waals surface area contributed by atoms with Crippen LogP contribution in [0.4, 0.5) is 0 Å². The van der Waals surface area contributed by atoms with Crippen LogP contribution in [-0.2, 0) is 22.9 Å². The monoisotopic (exact) mass is 294 g/mol. The number of likely N-dealkylation sites (N-methyl/N-ethyl adjacent to an activating group) is 1. The van der Waals surface area contributed by atoms with Crippen molar-refractivity contribution in [2.75, 3.05) is 20.1 Å². The molecule has 1 heterocycles. The molecule has 0 aromatic heterocycles. The number of aryl methyl sites for hydroxylation is 2. The van der Waals surface area contributed by atoms with E-state index >= 15 is 0 Å². The first-order chi connectivity index (χ1) is 9.59. The van der Waals surface area contributed by atoms with Crippen LogP contribution in [0.3, 0.4) is 0 Å². The number of nitrogens with zero attached hydrogens (tertiary/aromatic N) is 1. The summed E-state index contributed by atoms with van der Waals surface area (Å²) < 4.78 is 27.0. The second-order valence-electron chi connectivity index (χ2n) is 5.81. The summed E-state index contributed by atoms with van der Waals surface area (Å²) in [7, 11) is -1.66. The lowest BCUT2D eigenvalue weighted by molar-refractivity contribution is 0.300. The van der Waals surface area contributed by atoms with E-state index < -0.39 is 10.0 Å². The fourth-order valence-corrected chi connectivity index (χ4v) is 4.65. The number of hydrogen-bond donors (Lipinski definition) is 1. The minimum absolute atomic E-state index is 0.0713. The van der Waals surface area contributed by atoms with Gasteiger partial charge in [0.25, 0.3) is 0 Å². The number of hydrogen-bond acceptors (Lipinski definition) is 3. The maximum Gasteiger partial charge on any atom is 0.243 e. The molecule has 5 heteroatoms. The van der Waals surface area contributed by atoms with Crippen molar-refractivity contribution in [3.8, 4) is 0 Å². The van der Waals surface area contributed by atoms with Gasteiger partial charge in [-0.05, 0) is 61.9 Å². The van der Waals surface area contributed by atoms with Crippen molar-refractivity contribution in [1.29, 1.82) is 0 Å². The molecule has 1 aromatic carbocycles. The fraction of sp³-hybridized carbons (Fsp3) is 0.600. The van der Waals surface area contributed by atoms with Crippen molar-refractivity contribution in [3.63, 3.8) is 0 Å². The lowest BCUT2D eigenvalue weighted by Crippen LogP contribution is -2.46. The summed E-state index contributed by atoms with van der Waals surface area (Å²) in [5.74, 6) is 0. The number of nitrogens with one attached hydrogen (secondary N) is 1. The van der Waals surface area contributed by atoms with Gasteiger partial charge in [-0.3, -0.25) is 0 Å². The second kappa shape index (κ2) is 5.47. The molecule has 0 spiro atoms. The van der Waals surface area contributed by atoms with E-state index in [4.69, 9.17) is 0 Å². The lowest BCUT2D eigenvalue weighted by Gasteiger charge is -2.31. The number of rotatable bonds is 3. The van der Waals surface area contributed by atoms with Gasteiger partial charge in [0.2, 0.25) is 10.0 Å². The van der Waals surface area contributed by atoms with Crippen LogP contribution < -0.4 is 5.32 Å². The summed E-state index contributed by atoms with van der Waals surface area (Å²) in [6.45, 7) is 1.74. The number of piperidine rings is 1. The molecule has 4 nitrogen and oxygen atoms in total. The van der Waals surface area contributed by atoms with Gasteiger partial charge in [-0.15, -0.1) is 0 Å². The molecular formula is C15H22N2O2S. The van der Waals surface area contributed by atoms with Gasteiger partial charge >= 0.3 is 0 Å². The van der Waals surface area contributed by atoms with Gasteiger partial charge < -0.3 is 5.32 Å². The Kier molecular flexibility index (Phi) is 3.84. The first kappa shape index (κ1) is 14.0. The van der Waals surface area contributed by atoms with Gasteiger partial charge in [0.05, 0.1) is 4.90 Å². The molecule has 1 unspecified atom stereocenters. The largest absolute Gasteiger partial charge is 0.315 e. The zero-order valence-corrected chi connectivity index (χ0v) is 12.7. The van der Waals surface area contributed by atoms with Crippen LogP contribution in [0, 0.1) is 0 Å². The van der Waals surface area contributed by atoms with E-state index in [1.807, 2.05) is 12.1 Å². The van der Waals surface area contributed by atoms with E-state index in [9.17, 15) is 8.42 Å². The van der Waals surface area contributed by atoms with Crippen molar-refractivity contribution in [3.05, 3.63) is 29.3 Å². The predicted octanol–water partition coefficient (Wildman–Crippen LogP) is 1.55. The Morgan fingerprint density at radius 2 is 2.00 bits per heavy atom. The average molecular weight is 294 g/mol. The van der Waals surface area contributed by atoms with Crippen LogP contribution in [0.25, 0.3) is 0 Å². The Morgan fingerprint density at radius 1 is 1.20 bits per heavy atom. The molecule has 0 radical (unpaired) electrons. The van der Waals surface area contributed by atoms with Crippen LogP contribution in [0.15, 0.2) is 23.1 Å². The molecule has 0 bridgehead atoms. The zero-order valence-electron chi connectivity index (χ0n) is 11.9. The highest BCUT2D eigenvalue weighted by Gasteiger charge is 2.29. The minimum atomic E-state index is -3.37. The summed E-state index contributed by atoms with van der Waals surface area (Å²) >= 11 is 0. The Hall–Kier alpha value is -0.910. The zero-order chi connectivity index (χ0) is 14.2. The quantitative estimate of drug-likeness (QED) is 0.920. The molecule has 1 aliphatic carbocycles. The molecule has 0 amide bonds.